The van der Waals surface area contributed by atoms with Gasteiger partial charge in [-0.05, 0) is 37.3 Å². The van der Waals surface area contributed by atoms with Crippen molar-refractivity contribution in [1.82, 2.24) is 24.8 Å². The number of nitrogens with one attached hydrogen (secondary N) is 2. The standard InChI is InChI=1S/C26H22F3N5O3/c1-13(24-31-19-11-16(28)22(35)12-20(19)32-24)25-33-18-5-3-14(9-21(18)34(25)2)26(36)30-7-8-37-23-6-4-15(27)10-17(23)29/h3-6,9-13,35H,7-8H2,1-2H3,(H,30,36)(H,31,32). The van der Waals surface area contributed by atoms with Crippen molar-refractivity contribution in [3.05, 3.63) is 83.2 Å². The zero-order chi connectivity index (χ0) is 26.3. The molecule has 1 unspecified atom stereocenters. The Labute approximate surface area is 208 Å². The van der Waals surface area contributed by atoms with Crippen LogP contribution in [0.3, 0.4) is 0 Å². The predicted molar refractivity (Wildman–Crippen MR) is 130 cm³/mol. The maximum absolute atomic E-state index is 13.7. The maximum atomic E-state index is 13.7. The molecule has 190 valence electrons. The molecule has 0 saturated heterocycles. The number of hydrogen-bond acceptors (Lipinski definition) is 5. The van der Waals surface area contributed by atoms with E-state index in [0.717, 1.165) is 17.6 Å². The molecule has 0 spiro atoms. The van der Waals surface area contributed by atoms with Crippen molar-refractivity contribution in [3.63, 3.8) is 0 Å². The second kappa shape index (κ2) is 9.49. The molecule has 0 aliphatic heterocycles. The number of carbonyl (C=O) groups excluding carboxylic acids is 1. The average Bonchev–Trinajstić information content (AvgIpc) is 3.43. The first kappa shape index (κ1) is 24.2. The summed E-state index contributed by atoms with van der Waals surface area (Å²) in [5.41, 5.74) is 2.69. The van der Waals surface area contributed by atoms with Gasteiger partial charge >= 0.3 is 0 Å². The molecule has 3 N–H and O–H groups in total. The van der Waals surface area contributed by atoms with E-state index >= 15 is 0 Å². The minimum atomic E-state index is -0.814. The molecule has 2 heterocycles. The molecular formula is C26H22F3N5O3. The van der Waals surface area contributed by atoms with E-state index in [1.165, 1.54) is 18.2 Å². The van der Waals surface area contributed by atoms with E-state index in [9.17, 15) is 23.1 Å². The first-order valence-corrected chi connectivity index (χ1v) is 11.4. The zero-order valence-electron chi connectivity index (χ0n) is 19.8. The molecular weight excluding hydrogens is 487 g/mol. The number of fused-ring (bicyclic) bond motifs is 2. The number of ether oxygens (including phenoxy) is 1. The quantitative estimate of drug-likeness (QED) is 0.280. The summed E-state index contributed by atoms with van der Waals surface area (Å²) in [6.45, 7) is 2.01. The Kier molecular flexibility index (Phi) is 6.20. The number of halogens is 3. The van der Waals surface area contributed by atoms with Crippen LogP contribution in [0, 0.1) is 17.5 Å². The molecule has 3 aromatic carbocycles. The third kappa shape index (κ3) is 4.67. The average molecular weight is 509 g/mol. The van der Waals surface area contributed by atoms with E-state index in [-0.39, 0.29) is 30.7 Å². The second-order valence-electron chi connectivity index (χ2n) is 8.58. The van der Waals surface area contributed by atoms with E-state index < -0.39 is 23.2 Å². The molecule has 5 aromatic rings. The van der Waals surface area contributed by atoms with Crippen LogP contribution < -0.4 is 10.1 Å². The molecule has 8 nitrogen and oxygen atoms in total. The number of aromatic hydroxyl groups is 1. The van der Waals surface area contributed by atoms with Gasteiger partial charge in [0.25, 0.3) is 5.91 Å². The SMILES string of the molecule is CC(c1nc2cc(O)c(F)cc2[nH]1)c1nc2ccc(C(=O)NCCOc3ccc(F)cc3F)cc2n1C. The summed E-state index contributed by atoms with van der Waals surface area (Å²) in [4.78, 5) is 24.9. The van der Waals surface area contributed by atoms with Crippen LogP contribution >= 0.6 is 0 Å². The number of aryl methyl sites for hydroxylation is 1. The largest absolute Gasteiger partial charge is 0.505 e. The number of hydrogen-bond donors (Lipinski definition) is 3. The number of phenolic OH excluding ortho intramolecular Hbond substituents is 1. The van der Waals surface area contributed by atoms with Gasteiger partial charge in [0, 0.05) is 30.8 Å². The van der Waals surface area contributed by atoms with Crippen molar-refractivity contribution < 1.29 is 27.8 Å². The molecule has 0 radical (unpaired) electrons. The fraction of sp³-hybridized carbons (Fsp3) is 0.192. The van der Waals surface area contributed by atoms with E-state index in [2.05, 4.69) is 20.3 Å². The zero-order valence-corrected chi connectivity index (χ0v) is 19.8. The van der Waals surface area contributed by atoms with E-state index in [1.54, 1.807) is 18.2 Å². The third-order valence-electron chi connectivity index (χ3n) is 6.08. The van der Waals surface area contributed by atoms with Crippen LogP contribution in [0.4, 0.5) is 13.2 Å². The Morgan fingerprint density at radius 2 is 1.89 bits per heavy atom. The highest BCUT2D eigenvalue weighted by atomic mass is 19.1. The Balaban J connectivity index is 1.30. The van der Waals surface area contributed by atoms with E-state index in [0.29, 0.717) is 33.8 Å². The summed E-state index contributed by atoms with van der Waals surface area (Å²) in [6.07, 6.45) is 0. The minimum Gasteiger partial charge on any atom is -0.505 e. The lowest BCUT2D eigenvalue weighted by Gasteiger charge is -2.10. The number of carbonyl (C=O) groups is 1. The number of aromatic amines is 1. The highest BCUT2D eigenvalue weighted by Crippen LogP contribution is 2.29. The van der Waals surface area contributed by atoms with Gasteiger partial charge in [-0.2, -0.15) is 0 Å². The number of rotatable bonds is 7. The summed E-state index contributed by atoms with van der Waals surface area (Å²) < 4.78 is 47.5. The summed E-state index contributed by atoms with van der Waals surface area (Å²) in [5.74, 6) is -2.24. The van der Waals surface area contributed by atoms with Crippen molar-refractivity contribution in [1.29, 1.82) is 0 Å². The first-order chi connectivity index (χ1) is 17.7. The van der Waals surface area contributed by atoms with Gasteiger partial charge in [-0.3, -0.25) is 4.79 Å². The summed E-state index contributed by atoms with van der Waals surface area (Å²) in [5, 5.41) is 12.3. The molecule has 1 amide bonds. The lowest BCUT2D eigenvalue weighted by atomic mass is 10.1. The van der Waals surface area contributed by atoms with Crippen LogP contribution in [-0.2, 0) is 7.05 Å². The Morgan fingerprint density at radius 1 is 1.08 bits per heavy atom. The van der Waals surface area contributed by atoms with Crippen LogP contribution in [0.25, 0.3) is 22.1 Å². The predicted octanol–water partition coefficient (Wildman–Crippen LogP) is 4.53. The third-order valence-corrected chi connectivity index (χ3v) is 6.08. The Bertz CT molecular complexity index is 1610. The van der Waals surface area contributed by atoms with Gasteiger partial charge in [0.1, 0.15) is 24.1 Å². The van der Waals surface area contributed by atoms with Gasteiger partial charge in [-0.1, -0.05) is 0 Å². The summed E-state index contributed by atoms with van der Waals surface area (Å²) in [6, 6.07) is 10.5. The van der Waals surface area contributed by atoms with Gasteiger partial charge in [0.2, 0.25) is 0 Å². The maximum Gasteiger partial charge on any atom is 0.251 e. The fourth-order valence-electron chi connectivity index (χ4n) is 4.12. The van der Waals surface area contributed by atoms with Crippen molar-refractivity contribution in [2.24, 2.45) is 7.05 Å². The normalized spacial score (nSPS) is 12.2. The fourth-order valence-corrected chi connectivity index (χ4v) is 4.12. The monoisotopic (exact) mass is 509 g/mol. The molecule has 1 atom stereocenters. The Morgan fingerprint density at radius 3 is 2.68 bits per heavy atom. The molecule has 37 heavy (non-hydrogen) atoms. The molecule has 0 bridgehead atoms. The number of phenols is 1. The van der Waals surface area contributed by atoms with Crippen molar-refractivity contribution in [3.8, 4) is 11.5 Å². The smallest absolute Gasteiger partial charge is 0.251 e. The van der Waals surface area contributed by atoms with E-state index in [1.807, 2.05) is 18.5 Å². The lowest BCUT2D eigenvalue weighted by molar-refractivity contribution is 0.0947. The molecule has 0 fully saturated rings. The highest BCUT2D eigenvalue weighted by Gasteiger charge is 2.21. The number of nitrogens with zero attached hydrogens (tertiary/aromatic N) is 3. The van der Waals surface area contributed by atoms with Crippen LogP contribution in [0.2, 0.25) is 0 Å². The number of H-pyrrole nitrogens is 1. The van der Waals surface area contributed by atoms with Crippen molar-refractivity contribution in [2.45, 2.75) is 12.8 Å². The van der Waals surface area contributed by atoms with Crippen LogP contribution in [-0.4, -0.2) is 43.7 Å². The number of imidazole rings is 2. The van der Waals surface area contributed by atoms with Crippen molar-refractivity contribution in [2.75, 3.05) is 13.2 Å². The lowest BCUT2D eigenvalue weighted by Crippen LogP contribution is -2.28. The summed E-state index contributed by atoms with van der Waals surface area (Å²) in [7, 11) is 1.82. The molecule has 11 heteroatoms. The molecule has 2 aromatic heterocycles. The molecule has 0 aliphatic carbocycles. The second-order valence-corrected chi connectivity index (χ2v) is 8.58. The number of benzene rings is 3. The Hall–Kier alpha value is -4.54. The molecule has 0 saturated carbocycles. The van der Waals surface area contributed by atoms with Crippen LogP contribution in [0.5, 0.6) is 11.5 Å². The van der Waals surface area contributed by atoms with Gasteiger partial charge in [0.05, 0.1) is 34.5 Å². The molecule has 0 aliphatic rings. The van der Waals surface area contributed by atoms with Crippen LogP contribution in [0.1, 0.15) is 34.8 Å². The van der Waals surface area contributed by atoms with Gasteiger partial charge in [0.15, 0.2) is 23.1 Å². The highest BCUT2D eigenvalue weighted by molar-refractivity contribution is 5.97. The first-order valence-electron chi connectivity index (χ1n) is 11.4. The number of amides is 1. The summed E-state index contributed by atoms with van der Waals surface area (Å²) >= 11 is 0. The van der Waals surface area contributed by atoms with Gasteiger partial charge in [-0.25, -0.2) is 23.1 Å². The molecule has 5 rings (SSSR count). The number of aromatic nitrogens is 4. The van der Waals surface area contributed by atoms with Crippen LogP contribution in [0.15, 0.2) is 48.5 Å². The van der Waals surface area contributed by atoms with Crippen molar-refractivity contribution >= 4 is 28.0 Å². The topological polar surface area (TPSA) is 105 Å². The van der Waals surface area contributed by atoms with Gasteiger partial charge < -0.3 is 24.7 Å². The van der Waals surface area contributed by atoms with Gasteiger partial charge in [-0.15, -0.1) is 0 Å². The van der Waals surface area contributed by atoms with E-state index in [4.69, 9.17) is 4.74 Å². The minimum absolute atomic E-state index is 0.00306.